The zero-order chi connectivity index (χ0) is 12.8. The Labute approximate surface area is 100 Å². The highest BCUT2D eigenvalue weighted by Crippen LogP contribution is 2.33. The lowest BCUT2D eigenvalue weighted by atomic mass is 9.84. The number of nitrogens with zero attached hydrogens (tertiary/aromatic N) is 1. The van der Waals surface area contributed by atoms with Gasteiger partial charge in [0.05, 0.1) is 11.5 Å². The van der Waals surface area contributed by atoms with Crippen LogP contribution in [0.3, 0.4) is 0 Å². The first-order valence-corrected chi connectivity index (χ1v) is 7.73. The molecule has 1 unspecified atom stereocenters. The summed E-state index contributed by atoms with van der Waals surface area (Å²) in [4.78, 5) is 2.34. The highest BCUT2D eigenvalue weighted by molar-refractivity contribution is 7.91. The molecule has 96 valence electrons. The molecule has 3 nitrogen and oxygen atoms in total. The predicted octanol–water partition coefficient (Wildman–Crippen LogP) is 1.93. The van der Waals surface area contributed by atoms with E-state index in [4.69, 9.17) is 0 Å². The summed E-state index contributed by atoms with van der Waals surface area (Å²) in [5.41, 5.74) is 0.0364. The second-order valence-electron chi connectivity index (χ2n) is 6.86. The fraction of sp³-hybridized carbons (Fsp3) is 1.00. The molecule has 1 atom stereocenters. The van der Waals surface area contributed by atoms with Crippen molar-refractivity contribution in [3.8, 4) is 0 Å². The molecule has 0 aromatic heterocycles. The standard InChI is InChI=1S/C12H25NO2S/c1-11(2,3)10-9-16(14,15)8-7-13(10)12(4,5)6/h10H,7-9H2,1-6H3. The normalized spacial score (nSPS) is 28.0. The Hall–Kier alpha value is -0.0900. The van der Waals surface area contributed by atoms with Crippen LogP contribution in [0.15, 0.2) is 0 Å². The van der Waals surface area contributed by atoms with Gasteiger partial charge in [-0.1, -0.05) is 20.8 Å². The zero-order valence-corrected chi connectivity index (χ0v) is 12.2. The van der Waals surface area contributed by atoms with Crippen molar-refractivity contribution in [2.45, 2.75) is 53.1 Å². The Bertz CT molecular complexity index is 346. The van der Waals surface area contributed by atoms with Crippen LogP contribution in [0.5, 0.6) is 0 Å². The van der Waals surface area contributed by atoms with E-state index >= 15 is 0 Å². The van der Waals surface area contributed by atoms with Crippen LogP contribution in [-0.2, 0) is 9.84 Å². The molecule has 1 aliphatic heterocycles. The minimum absolute atomic E-state index is 0.000764. The topological polar surface area (TPSA) is 37.4 Å². The molecule has 0 bridgehead atoms. The van der Waals surface area contributed by atoms with E-state index in [9.17, 15) is 8.42 Å². The molecule has 0 saturated carbocycles. The van der Waals surface area contributed by atoms with E-state index in [0.717, 1.165) is 0 Å². The summed E-state index contributed by atoms with van der Waals surface area (Å²) in [5, 5.41) is 0. The molecule has 0 N–H and O–H groups in total. The minimum atomic E-state index is -2.85. The summed E-state index contributed by atoms with van der Waals surface area (Å²) in [6.07, 6.45) is 0. The molecule has 0 spiro atoms. The van der Waals surface area contributed by atoms with Gasteiger partial charge in [-0.2, -0.15) is 0 Å². The first-order chi connectivity index (χ1) is 6.93. The minimum Gasteiger partial charge on any atom is -0.293 e. The van der Waals surface area contributed by atoms with Crippen molar-refractivity contribution in [2.75, 3.05) is 18.1 Å². The maximum Gasteiger partial charge on any atom is 0.153 e. The van der Waals surface area contributed by atoms with Crippen molar-refractivity contribution in [2.24, 2.45) is 5.41 Å². The third-order valence-electron chi connectivity index (χ3n) is 3.29. The van der Waals surface area contributed by atoms with Crippen LogP contribution < -0.4 is 0 Å². The molecule has 0 aromatic carbocycles. The van der Waals surface area contributed by atoms with Crippen LogP contribution in [0.2, 0.25) is 0 Å². The van der Waals surface area contributed by atoms with Crippen molar-refractivity contribution in [1.29, 1.82) is 0 Å². The molecule has 0 amide bonds. The average molecular weight is 247 g/mol. The van der Waals surface area contributed by atoms with Crippen molar-refractivity contribution in [1.82, 2.24) is 4.90 Å². The van der Waals surface area contributed by atoms with Gasteiger partial charge in [0.15, 0.2) is 9.84 Å². The molecule has 1 saturated heterocycles. The van der Waals surface area contributed by atoms with E-state index in [1.807, 2.05) is 0 Å². The summed E-state index contributed by atoms with van der Waals surface area (Å²) in [7, 11) is -2.85. The van der Waals surface area contributed by atoms with Gasteiger partial charge in [-0.15, -0.1) is 0 Å². The monoisotopic (exact) mass is 247 g/mol. The van der Waals surface area contributed by atoms with Gasteiger partial charge in [0.2, 0.25) is 0 Å². The van der Waals surface area contributed by atoms with E-state index in [1.165, 1.54) is 0 Å². The third kappa shape index (κ3) is 3.20. The maximum absolute atomic E-state index is 11.8. The molecular formula is C12H25NO2S. The van der Waals surface area contributed by atoms with Gasteiger partial charge in [-0.25, -0.2) is 8.42 Å². The molecule has 1 aliphatic rings. The van der Waals surface area contributed by atoms with Gasteiger partial charge in [-0.3, -0.25) is 4.90 Å². The van der Waals surface area contributed by atoms with Crippen LogP contribution in [0, 0.1) is 5.41 Å². The first-order valence-electron chi connectivity index (χ1n) is 5.91. The smallest absolute Gasteiger partial charge is 0.153 e. The summed E-state index contributed by atoms with van der Waals surface area (Å²) in [6.45, 7) is 13.5. The van der Waals surface area contributed by atoms with Crippen LogP contribution in [0.25, 0.3) is 0 Å². The van der Waals surface area contributed by atoms with Crippen LogP contribution in [0.4, 0.5) is 0 Å². The van der Waals surface area contributed by atoms with Crippen molar-refractivity contribution < 1.29 is 8.42 Å². The largest absolute Gasteiger partial charge is 0.293 e. The quantitative estimate of drug-likeness (QED) is 0.656. The number of sulfone groups is 1. The number of rotatable bonds is 0. The Kier molecular flexibility index (Phi) is 3.48. The third-order valence-corrected chi connectivity index (χ3v) is 4.92. The van der Waals surface area contributed by atoms with E-state index < -0.39 is 9.84 Å². The lowest BCUT2D eigenvalue weighted by molar-refractivity contribution is 0.0352. The van der Waals surface area contributed by atoms with E-state index in [1.54, 1.807) is 0 Å². The zero-order valence-electron chi connectivity index (χ0n) is 11.4. The van der Waals surface area contributed by atoms with Gasteiger partial charge in [-0.05, 0) is 26.2 Å². The van der Waals surface area contributed by atoms with Crippen LogP contribution in [0.1, 0.15) is 41.5 Å². The molecule has 0 aromatic rings. The Balaban J connectivity index is 3.03. The molecule has 0 radical (unpaired) electrons. The summed E-state index contributed by atoms with van der Waals surface area (Å²) >= 11 is 0. The van der Waals surface area contributed by atoms with Crippen molar-refractivity contribution >= 4 is 9.84 Å². The molecular weight excluding hydrogens is 222 g/mol. The fourth-order valence-electron chi connectivity index (χ4n) is 2.33. The second-order valence-corrected chi connectivity index (χ2v) is 9.09. The Morgan fingerprint density at radius 1 is 1.06 bits per heavy atom. The van der Waals surface area contributed by atoms with Crippen molar-refractivity contribution in [3.05, 3.63) is 0 Å². The molecule has 1 fully saturated rings. The SMILES string of the molecule is CC(C)(C)C1CS(=O)(=O)CCN1C(C)(C)C. The van der Waals surface area contributed by atoms with E-state index in [-0.39, 0.29) is 17.0 Å². The van der Waals surface area contributed by atoms with E-state index in [2.05, 4.69) is 46.4 Å². The van der Waals surface area contributed by atoms with Gasteiger partial charge >= 0.3 is 0 Å². The Morgan fingerprint density at radius 2 is 1.56 bits per heavy atom. The van der Waals surface area contributed by atoms with Gasteiger partial charge in [0.25, 0.3) is 0 Å². The first kappa shape index (κ1) is 14.0. The molecule has 1 rings (SSSR count). The van der Waals surface area contributed by atoms with Gasteiger partial charge < -0.3 is 0 Å². The maximum atomic E-state index is 11.8. The molecule has 4 heteroatoms. The lowest BCUT2D eigenvalue weighted by Crippen LogP contribution is -2.60. The van der Waals surface area contributed by atoms with Gasteiger partial charge in [0.1, 0.15) is 0 Å². The van der Waals surface area contributed by atoms with Crippen LogP contribution in [-0.4, -0.2) is 42.9 Å². The fourth-order valence-corrected chi connectivity index (χ4v) is 4.13. The predicted molar refractivity (Wildman–Crippen MR) is 68.4 cm³/mol. The summed E-state index contributed by atoms with van der Waals surface area (Å²) < 4.78 is 23.5. The molecule has 0 aliphatic carbocycles. The average Bonchev–Trinajstić information content (AvgIpc) is 1.97. The van der Waals surface area contributed by atoms with Crippen LogP contribution >= 0.6 is 0 Å². The summed E-state index contributed by atoms with van der Waals surface area (Å²) in [5.74, 6) is 0.602. The molecule has 16 heavy (non-hydrogen) atoms. The lowest BCUT2D eigenvalue weighted by Gasteiger charge is -2.49. The highest BCUT2D eigenvalue weighted by atomic mass is 32.2. The van der Waals surface area contributed by atoms with Crippen molar-refractivity contribution in [3.63, 3.8) is 0 Å². The van der Waals surface area contributed by atoms with Gasteiger partial charge in [0, 0.05) is 18.1 Å². The number of hydrogen-bond donors (Lipinski definition) is 0. The Morgan fingerprint density at radius 3 is 1.94 bits per heavy atom. The second kappa shape index (κ2) is 3.98. The molecule has 1 heterocycles. The van der Waals surface area contributed by atoms with E-state index in [0.29, 0.717) is 18.1 Å². The number of hydrogen-bond acceptors (Lipinski definition) is 3. The summed E-state index contributed by atoms with van der Waals surface area (Å²) in [6, 6.07) is 0.117. The highest BCUT2D eigenvalue weighted by Gasteiger charge is 2.42.